The van der Waals surface area contributed by atoms with E-state index in [9.17, 15) is 8.42 Å². The molecule has 0 fully saturated rings. The zero-order chi connectivity index (χ0) is 13.9. The Bertz CT molecular complexity index is 649. The highest BCUT2D eigenvalue weighted by Crippen LogP contribution is 2.20. The maximum Gasteiger partial charge on any atom is 0.240 e. The minimum absolute atomic E-state index is 0.310. The Labute approximate surface area is 117 Å². The van der Waals surface area contributed by atoms with Crippen LogP contribution in [0.4, 0.5) is 5.69 Å². The van der Waals surface area contributed by atoms with Crippen LogP contribution in [-0.4, -0.2) is 15.5 Å². The quantitative estimate of drug-likeness (QED) is 0.891. The van der Waals surface area contributed by atoms with Gasteiger partial charge in [-0.15, -0.1) is 0 Å². The van der Waals surface area contributed by atoms with E-state index in [2.05, 4.69) is 15.4 Å². The number of aryl methyl sites for hydroxylation is 1. The first-order valence-corrected chi connectivity index (χ1v) is 8.24. The molecule has 0 bridgehead atoms. The van der Waals surface area contributed by atoms with Gasteiger partial charge in [0, 0.05) is 12.2 Å². The van der Waals surface area contributed by atoms with Gasteiger partial charge in [-0.3, -0.25) is 0 Å². The van der Waals surface area contributed by atoms with Gasteiger partial charge in [-0.05, 0) is 54.1 Å². The zero-order valence-corrected chi connectivity index (χ0v) is 12.4. The van der Waals surface area contributed by atoms with Crippen molar-refractivity contribution in [3.05, 3.63) is 46.2 Å². The van der Waals surface area contributed by atoms with Gasteiger partial charge in [-0.25, -0.2) is 13.1 Å². The molecule has 102 valence electrons. The van der Waals surface area contributed by atoms with Crippen molar-refractivity contribution >= 4 is 27.0 Å². The van der Waals surface area contributed by atoms with E-state index in [-0.39, 0.29) is 0 Å². The number of sulfonamides is 1. The fourth-order valence-corrected chi connectivity index (χ4v) is 3.37. The van der Waals surface area contributed by atoms with E-state index in [1.807, 2.05) is 17.5 Å². The molecule has 0 aliphatic rings. The van der Waals surface area contributed by atoms with E-state index in [1.165, 1.54) is 12.6 Å². The summed E-state index contributed by atoms with van der Waals surface area (Å²) in [6, 6.07) is 7.39. The fraction of sp³-hybridized carbons (Fsp3) is 0.231. The van der Waals surface area contributed by atoms with Gasteiger partial charge in [0.1, 0.15) is 0 Å². The molecule has 4 nitrogen and oxygen atoms in total. The van der Waals surface area contributed by atoms with Gasteiger partial charge in [0.2, 0.25) is 10.0 Å². The fourth-order valence-electron chi connectivity index (χ4n) is 1.71. The van der Waals surface area contributed by atoms with E-state index >= 15 is 0 Å². The molecule has 0 saturated carbocycles. The first kappa shape index (κ1) is 14.0. The SMILES string of the molecule is CNS(=O)(=O)c1cc(NCc2ccsc2)ccc1C. The maximum absolute atomic E-state index is 11.9. The van der Waals surface area contributed by atoms with Crippen molar-refractivity contribution in [3.8, 4) is 0 Å². The summed E-state index contributed by atoms with van der Waals surface area (Å²) < 4.78 is 26.1. The molecule has 0 amide bonds. The van der Waals surface area contributed by atoms with Crippen molar-refractivity contribution < 1.29 is 8.42 Å². The van der Waals surface area contributed by atoms with Gasteiger partial charge >= 0.3 is 0 Å². The van der Waals surface area contributed by atoms with Crippen molar-refractivity contribution in [1.82, 2.24) is 4.72 Å². The summed E-state index contributed by atoms with van der Waals surface area (Å²) >= 11 is 1.64. The van der Waals surface area contributed by atoms with Crippen LogP contribution < -0.4 is 10.0 Å². The molecule has 2 rings (SSSR count). The lowest BCUT2D eigenvalue weighted by molar-refractivity contribution is 0.587. The second kappa shape index (κ2) is 5.73. The molecule has 0 atom stereocenters. The Kier molecular flexibility index (Phi) is 4.24. The zero-order valence-electron chi connectivity index (χ0n) is 10.8. The van der Waals surface area contributed by atoms with Crippen LogP contribution in [0.15, 0.2) is 39.9 Å². The molecule has 0 aliphatic heterocycles. The molecule has 0 spiro atoms. The minimum atomic E-state index is -3.41. The second-order valence-electron chi connectivity index (χ2n) is 4.17. The lowest BCUT2D eigenvalue weighted by atomic mass is 10.2. The third kappa shape index (κ3) is 3.34. The summed E-state index contributed by atoms with van der Waals surface area (Å²) in [5.74, 6) is 0. The molecular formula is C13H16N2O2S2. The number of nitrogens with one attached hydrogen (secondary N) is 2. The van der Waals surface area contributed by atoms with Crippen LogP contribution in [0.5, 0.6) is 0 Å². The molecule has 2 N–H and O–H groups in total. The van der Waals surface area contributed by atoms with Gasteiger partial charge < -0.3 is 5.32 Å². The van der Waals surface area contributed by atoms with Crippen molar-refractivity contribution in [1.29, 1.82) is 0 Å². The van der Waals surface area contributed by atoms with E-state index in [0.717, 1.165) is 11.3 Å². The van der Waals surface area contributed by atoms with Crippen molar-refractivity contribution in [2.45, 2.75) is 18.4 Å². The topological polar surface area (TPSA) is 58.2 Å². The first-order valence-electron chi connectivity index (χ1n) is 5.82. The standard InChI is InChI=1S/C13H16N2O2S2/c1-10-3-4-12(7-13(10)19(16,17)14-2)15-8-11-5-6-18-9-11/h3-7,9,14-15H,8H2,1-2H3. The predicted octanol–water partition coefficient (Wildman–Crippen LogP) is 2.58. The monoisotopic (exact) mass is 296 g/mol. The molecular weight excluding hydrogens is 280 g/mol. The van der Waals surface area contributed by atoms with Crippen LogP contribution in [-0.2, 0) is 16.6 Å². The molecule has 19 heavy (non-hydrogen) atoms. The third-order valence-electron chi connectivity index (χ3n) is 2.82. The highest BCUT2D eigenvalue weighted by molar-refractivity contribution is 7.89. The summed E-state index contributed by atoms with van der Waals surface area (Å²) in [6.07, 6.45) is 0. The van der Waals surface area contributed by atoms with Crippen molar-refractivity contribution in [3.63, 3.8) is 0 Å². The molecule has 1 aromatic carbocycles. The van der Waals surface area contributed by atoms with Gasteiger partial charge in [0.25, 0.3) is 0 Å². The van der Waals surface area contributed by atoms with Crippen LogP contribution in [0.25, 0.3) is 0 Å². The molecule has 0 aliphatic carbocycles. The number of rotatable bonds is 5. The van der Waals surface area contributed by atoms with Crippen LogP contribution in [0.2, 0.25) is 0 Å². The predicted molar refractivity (Wildman–Crippen MR) is 79.1 cm³/mol. The van der Waals surface area contributed by atoms with Gasteiger partial charge in [-0.1, -0.05) is 6.07 Å². The van der Waals surface area contributed by atoms with E-state index < -0.39 is 10.0 Å². The highest BCUT2D eigenvalue weighted by Gasteiger charge is 2.14. The van der Waals surface area contributed by atoms with E-state index in [0.29, 0.717) is 11.4 Å². The number of hydrogen-bond acceptors (Lipinski definition) is 4. The summed E-state index contributed by atoms with van der Waals surface area (Å²) in [7, 11) is -1.99. The van der Waals surface area contributed by atoms with Gasteiger partial charge in [0.05, 0.1) is 4.90 Å². The van der Waals surface area contributed by atoms with Crippen molar-refractivity contribution in [2.24, 2.45) is 0 Å². The molecule has 0 saturated heterocycles. The summed E-state index contributed by atoms with van der Waals surface area (Å²) in [5, 5.41) is 7.30. The summed E-state index contributed by atoms with van der Waals surface area (Å²) in [6.45, 7) is 2.47. The highest BCUT2D eigenvalue weighted by atomic mass is 32.2. The van der Waals surface area contributed by atoms with E-state index in [1.54, 1.807) is 30.4 Å². The Morgan fingerprint density at radius 1 is 1.26 bits per heavy atom. The molecule has 6 heteroatoms. The van der Waals surface area contributed by atoms with Crippen LogP contribution in [0, 0.1) is 6.92 Å². The van der Waals surface area contributed by atoms with Crippen LogP contribution >= 0.6 is 11.3 Å². The van der Waals surface area contributed by atoms with Crippen LogP contribution in [0.1, 0.15) is 11.1 Å². The summed E-state index contributed by atoms with van der Waals surface area (Å²) in [4.78, 5) is 0.310. The first-order chi connectivity index (χ1) is 9.03. The summed E-state index contributed by atoms with van der Waals surface area (Å²) in [5.41, 5.74) is 2.71. The lowest BCUT2D eigenvalue weighted by Gasteiger charge is -2.10. The third-order valence-corrected chi connectivity index (χ3v) is 5.11. The maximum atomic E-state index is 11.9. The molecule has 2 aromatic rings. The minimum Gasteiger partial charge on any atom is -0.381 e. The molecule has 0 radical (unpaired) electrons. The average Bonchev–Trinajstić information content (AvgIpc) is 2.91. The van der Waals surface area contributed by atoms with Crippen molar-refractivity contribution in [2.75, 3.05) is 12.4 Å². The number of hydrogen-bond donors (Lipinski definition) is 2. The van der Waals surface area contributed by atoms with Gasteiger partial charge in [-0.2, -0.15) is 11.3 Å². The smallest absolute Gasteiger partial charge is 0.240 e. The van der Waals surface area contributed by atoms with Crippen LogP contribution in [0.3, 0.4) is 0 Å². The Hall–Kier alpha value is -1.37. The molecule has 0 unspecified atom stereocenters. The number of benzene rings is 1. The normalized spacial score (nSPS) is 11.5. The lowest BCUT2D eigenvalue weighted by Crippen LogP contribution is -2.19. The second-order valence-corrected chi connectivity index (χ2v) is 6.81. The Morgan fingerprint density at radius 2 is 2.05 bits per heavy atom. The number of thiophene rings is 1. The Balaban J connectivity index is 2.21. The average molecular weight is 296 g/mol. The van der Waals surface area contributed by atoms with Gasteiger partial charge in [0.15, 0.2) is 0 Å². The molecule has 1 aromatic heterocycles. The largest absolute Gasteiger partial charge is 0.381 e. The van der Waals surface area contributed by atoms with E-state index in [4.69, 9.17) is 0 Å². The Morgan fingerprint density at radius 3 is 2.68 bits per heavy atom. The molecule has 1 heterocycles. The number of anilines is 1.